The minimum absolute atomic E-state index is 0.189. The van der Waals surface area contributed by atoms with E-state index in [2.05, 4.69) is 201 Å². The van der Waals surface area contributed by atoms with Gasteiger partial charge in [0.2, 0.25) is 9.03 Å². The molecule has 0 amide bonds. The van der Waals surface area contributed by atoms with Gasteiger partial charge in [-0.1, -0.05) is 224 Å². The molecule has 0 saturated heterocycles. The molecule has 1 aliphatic rings. The van der Waals surface area contributed by atoms with E-state index in [-0.39, 0.29) is 5.54 Å². The van der Waals surface area contributed by atoms with Crippen LogP contribution in [0.1, 0.15) is 32.3 Å². The van der Waals surface area contributed by atoms with Crippen molar-refractivity contribution in [2.45, 2.75) is 32.2 Å². The number of hydrogen-bond donors (Lipinski definition) is 2. The van der Waals surface area contributed by atoms with Crippen LogP contribution in [0.4, 0.5) is 0 Å². The molecule has 7 aromatic carbocycles. The lowest BCUT2D eigenvalue weighted by Crippen LogP contribution is -2.75. The first-order valence-electron chi connectivity index (χ1n) is 19.7. The van der Waals surface area contributed by atoms with E-state index < -0.39 is 25.9 Å². The van der Waals surface area contributed by atoms with Crippen LogP contribution in [0, 0.1) is 0 Å². The van der Waals surface area contributed by atoms with Crippen LogP contribution in [-0.4, -0.2) is 26.9 Å². The Bertz CT molecular complexity index is 2420. The summed E-state index contributed by atoms with van der Waals surface area (Å²) in [5.74, 6) is 0.915. The Morgan fingerprint density at radius 2 is 1.16 bits per heavy atom. The highest BCUT2D eigenvalue weighted by Gasteiger charge is 2.45. The van der Waals surface area contributed by atoms with Gasteiger partial charge in [0.15, 0.2) is 8.07 Å². The standard InChI is InChI=1S/C51H46O3PSi2/c1-3-47(52)49(46-35-21-34-44(46)37(2)56(39-23-9-4-10-24-39)40-25-11-5-12-26-40)50-45-33-20-19-22-38(45)36-48(51(50)54-55-53)57(41-27-13-6-14-28-41,42-29-15-7-16-30-42)43-31-17-8-18-32-43/h4-33,35-37,52-53,55H,3,34H2,1-2H3/b49-47-/t37-/m0/s1. The predicted octanol–water partition coefficient (Wildman–Crippen LogP) is 8.73. The van der Waals surface area contributed by atoms with Gasteiger partial charge in [0.25, 0.3) is 0 Å². The summed E-state index contributed by atoms with van der Waals surface area (Å²) in [6.07, 6.45) is 5.68. The first-order chi connectivity index (χ1) is 28.1. The summed E-state index contributed by atoms with van der Waals surface area (Å²) in [5, 5.41) is 21.8. The van der Waals surface area contributed by atoms with Gasteiger partial charge in [0, 0.05) is 17.6 Å². The molecule has 0 bridgehead atoms. The maximum absolute atomic E-state index is 12.4. The number of hydrogen-bond acceptors (Lipinski definition) is 3. The van der Waals surface area contributed by atoms with Crippen molar-refractivity contribution in [2.24, 2.45) is 0 Å². The predicted molar refractivity (Wildman–Crippen MR) is 247 cm³/mol. The number of aliphatic hydroxyl groups is 1. The van der Waals surface area contributed by atoms with Crippen molar-refractivity contribution in [3.8, 4) is 5.75 Å². The molecule has 7 aromatic rings. The molecular weight excluding hydrogens is 748 g/mol. The smallest absolute Gasteiger partial charge is 0.212 e. The maximum Gasteiger partial charge on any atom is 0.212 e. The van der Waals surface area contributed by atoms with Crippen molar-refractivity contribution < 1.29 is 14.5 Å². The number of rotatable bonds is 13. The highest BCUT2D eigenvalue weighted by atomic mass is 31.1. The molecule has 0 aliphatic heterocycles. The molecule has 1 radical (unpaired) electrons. The van der Waals surface area contributed by atoms with E-state index in [9.17, 15) is 10.00 Å². The lowest BCUT2D eigenvalue weighted by Gasteiger charge is -2.36. The Kier molecular flexibility index (Phi) is 11.6. The Morgan fingerprint density at radius 1 is 0.684 bits per heavy atom. The van der Waals surface area contributed by atoms with E-state index in [0.717, 1.165) is 39.1 Å². The lowest BCUT2D eigenvalue weighted by atomic mass is 9.88. The fourth-order valence-electron chi connectivity index (χ4n) is 8.90. The van der Waals surface area contributed by atoms with Gasteiger partial charge in [-0.25, -0.2) is 0 Å². The lowest BCUT2D eigenvalue weighted by molar-refractivity contribution is 0.397. The third-order valence-corrected chi connectivity index (χ3v) is 19.6. The zero-order valence-corrected chi connectivity index (χ0v) is 35.3. The highest BCUT2D eigenvalue weighted by molar-refractivity contribution is 7.26. The van der Waals surface area contributed by atoms with Gasteiger partial charge in [-0.3, -0.25) is 0 Å². The van der Waals surface area contributed by atoms with Crippen molar-refractivity contribution in [1.82, 2.24) is 0 Å². The minimum atomic E-state index is -3.17. The monoisotopic (exact) mass is 793 g/mol. The minimum Gasteiger partial charge on any atom is -0.512 e. The van der Waals surface area contributed by atoms with E-state index in [1.54, 1.807) is 0 Å². The molecule has 281 valence electrons. The van der Waals surface area contributed by atoms with E-state index in [4.69, 9.17) is 4.52 Å². The van der Waals surface area contributed by atoms with Crippen LogP contribution >= 0.6 is 9.03 Å². The summed E-state index contributed by atoms with van der Waals surface area (Å²) in [7, 11) is -5.29. The molecule has 0 spiro atoms. The van der Waals surface area contributed by atoms with Gasteiger partial charge in [-0.15, -0.1) is 0 Å². The molecule has 6 heteroatoms. The molecule has 3 nitrogen and oxygen atoms in total. The molecule has 8 rings (SSSR count). The van der Waals surface area contributed by atoms with Crippen molar-refractivity contribution in [2.75, 3.05) is 0 Å². The molecule has 1 aliphatic carbocycles. The molecule has 0 heterocycles. The fraction of sp³-hybridized carbons (Fsp3) is 0.0980. The van der Waals surface area contributed by atoms with Crippen molar-refractivity contribution in [3.63, 3.8) is 0 Å². The molecule has 57 heavy (non-hydrogen) atoms. The van der Waals surface area contributed by atoms with Crippen LogP contribution in [0.5, 0.6) is 5.75 Å². The number of fused-ring (bicyclic) bond motifs is 1. The zero-order chi connectivity index (χ0) is 39.2. The maximum atomic E-state index is 12.4. The van der Waals surface area contributed by atoms with Gasteiger partial charge < -0.3 is 14.5 Å². The second kappa shape index (κ2) is 17.3. The summed E-state index contributed by atoms with van der Waals surface area (Å²) in [4.78, 5) is 10.9. The van der Waals surface area contributed by atoms with E-state index in [0.29, 0.717) is 17.9 Å². The van der Waals surface area contributed by atoms with Gasteiger partial charge in [0.1, 0.15) is 20.3 Å². The second-order valence-corrected chi connectivity index (χ2v) is 21.5. The summed E-state index contributed by atoms with van der Waals surface area (Å²) < 4.78 is 6.70. The van der Waals surface area contributed by atoms with E-state index in [1.165, 1.54) is 31.5 Å². The Hall–Kier alpha value is -5.56. The normalized spacial score (nSPS) is 14.1. The molecule has 0 saturated carbocycles. The Morgan fingerprint density at radius 3 is 1.65 bits per heavy atom. The van der Waals surface area contributed by atoms with Crippen molar-refractivity contribution in [1.29, 1.82) is 0 Å². The SMILES string of the molecule is CC/C(O)=C(\C1=C([C@H](C)[Si](c2ccccc2)c2ccccc2)CC=C1)c1c(OPO)c([Si](c2ccccc2)(c2ccccc2)c2ccccc2)cc2ccccc12. The molecule has 2 atom stereocenters. The third-order valence-electron chi connectivity index (χ3n) is 11.4. The van der Waals surface area contributed by atoms with Crippen LogP contribution in [0.25, 0.3) is 16.3 Å². The van der Waals surface area contributed by atoms with Crippen molar-refractivity contribution in [3.05, 3.63) is 217 Å². The topological polar surface area (TPSA) is 49.7 Å². The number of benzene rings is 7. The van der Waals surface area contributed by atoms with Crippen LogP contribution in [-0.2, 0) is 0 Å². The molecule has 0 aromatic heterocycles. The Balaban J connectivity index is 1.48. The largest absolute Gasteiger partial charge is 0.512 e. The first-order valence-corrected chi connectivity index (χ1v) is 24.1. The summed E-state index contributed by atoms with van der Waals surface area (Å²) >= 11 is 0. The quantitative estimate of drug-likeness (QED) is 0.0532. The Labute approximate surface area is 340 Å². The highest BCUT2D eigenvalue weighted by Crippen LogP contribution is 2.46. The summed E-state index contributed by atoms with van der Waals surface area (Å²) in [5.41, 5.74) is 4.13. The second-order valence-electron chi connectivity index (χ2n) is 14.5. The number of aliphatic hydroxyl groups excluding tert-OH is 1. The average Bonchev–Trinajstić information content (AvgIpc) is 3.76. The summed E-state index contributed by atoms with van der Waals surface area (Å²) in [6, 6.07) is 64.9. The summed E-state index contributed by atoms with van der Waals surface area (Å²) in [6.45, 7) is 4.38. The number of allylic oxidation sites excluding steroid dienone is 6. The van der Waals surface area contributed by atoms with Crippen molar-refractivity contribution >= 4 is 73.4 Å². The van der Waals surface area contributed by atoms with Gasteiger partial charge in [-0.2, -0.15) is 0 Å². The van der Waals surface area contributed by atoms with Gasteiger partial charge in [0.05, 0.1) is 0 Å². The van der Waals surface area contributed by atoms with E-state index >= 15 is 0 Å². The third kappa shape index (κ3) is 7.18. The van der Waals surface area contributed by atoms with Crippen LogP contribution in [0.2, 0.25) is 5.54 Å². The van der Waals surface area contributed by atoms with Gasteiger partial charge in [-0.05, 0) is 49.1 Å². The molecule has 2 N–H and O–H groups in total. The van der Waals surface area contributed by atoms with E-state index in [1.807, 2.05) is 6.92 Å². The molecule has 1 unspecified atom stereocenters. The fourth-order valence-corrected chi connectivity index (χ4v) is 17.3. The zero-order valence-electron chi connectivity index (χ0n) is 32.3. The molecular formula is C51H46O3PSi2. The average molecular weight is 794 g/mol. The first kappa shape index (κ1) is 38.3. The van der Waals surface area contributed by atoms with Crippen LogP contribution in [0.15, 0.2) is 211 Å². The molecule has 0 fully saturated rings. The van der Waals surface area contributed by atoms with Gasteiger partial charge >= 0.3 is 0 Å². The van der Waals surface area contributed by atoms with Crippen LogP contribution < -0.4 is 35.6 Å². The van der Waals surface area contributed by atoms with Crippen LogP contribution in [0.3, 0.4) is 0 Å².